The van der Waals surface area contributed by atoms with Gasteiger partial charge in [-0.15, -0.1) is 0 Å². The van der Waals surface area contributed by atoms with Crippen LogP contribution in [0.3, 0.4) is 0 Å². The highest BCUT2D eigenvalue weighted by molar-refractivity contribution is 5.36. The topological polar surface area (TPSA) is 51.1 Å². The van der Waals surface area contributed by atoms with Gasteiger partial charge in [-0.25, -0.2) is 4.68 Å². The van der Waals surface area contributed by atoms with Crippen LogP contribution in [0.1, 0.15) is 24.9 Å². The third kappa shape index (κ3) is 3.09. The molecule has 0 radical (unpaired) electrons. The van der Waals surface area contributed by atoms with E-state index in [1.165, 1.54) is 5.56 Å². The molecule has 1 aliphatic heterocycles. The summed E-state index contributed by atoms with van der Waals surface area (Å²) >= 11 is 0. The summed E-state index contributed by atoms with van der Waals surface area (Å²) in [7, 11) is 1.73. The quantitative estimate of drug-likeness (QED) is 0.861. The number of para-hydroxylation sites is 1. The Morgan fingerprint density at radius 2 is 2.27 bits per heavy atom. The average molecular weight is 300 g/mol. The largest absolute Gasteiger partial charge is 0.496 e. The number of aromatic nitrogens is 2. The van der Waals surface area contributed by atoms with Crippen molar-refractivity contribution in [2.75, 3.05) is 25.5 Å². The van der Waals surface area contributed by atoms with Crippen molar-refractivity contribution >= 4 is 5.82 Å². The minimum absolute atomic E-state index is 0.315. The Balaban J connectivity index is 1.62. The van der Waals surface area contributed by atoms with Crippen molar-refractivity contribution in [2.24, 2.45) is 5.92 Å². The Morgan fingerprint density at radius 1 is 1.41 bits per heavy atom. The van der Waals surface area contributed by atoms with E-state index in [1.807, 2.05) is 29.1 Å². The maximum atomic E-state index is 5.49. The molecule has 0 aliphatic carbocycles. The number of methoxy groups -OCH3 is 1. The summed E-state index contributed by atoms with van der Waals surface area (Å²) < 4.78 is 7.53. The molecule has 3 rings (SSSR count). The molecule has 5 heteroatoms. The molecule has 2 N–H and O–H groups in total. The van der Waals surface area contributed by atoms with Gasteiger partial charge < -0.3 is 15.4 Å². The monoisotopic (exact) mass is 300 g/mol. The SMILES string of the molecule is CC[C@H](NC[C@H]1CNc2ccnn2C1)c1ccccc1OC. The van der Waals surface area contributed by atoms with Crippen LogP contribution in [0.5, 0.6) is 5.75 Å². The van der Waals surface area contributed by atoms with E-state index in [0.29, 0.717) is 12.0 Å². The van der Waals surface area contributed by atoms with Crippen LogP contribution < -0.4 is 15.4 Å². The van der Waals surface area contributed by atoms with Gasteiger partial charge in [0.05, 0.1) is 13.3 Å². The van der Waals surface area contributed by atoms with Crippen molar-refractivity contribution in [1.29, 1.82) is 0 Å². The van der Waals surface area contributed by atoms with E-state index in [2.05, 4.69) is 34.8 Å². The lowest BCUT2D eigenvalue weighted by atomic mass is 10.0. The highest BCUT2D eigenvalue weighted by atomic mass is 16.5. The second-order valence-electron chi connectivity index (χ2n) is 5.76. The number of nitrogens with zero attached hydrogens (tertiary/aromatic N) is 2. The maximum Gasteiger partial charge on any atom is 0.124 e. The molecule has 2 aromatic rings. The van der Waals surface area contributed by atoms with Crippen molar-refractivity contribution in [3.8, 4) is 5.75 Å². The third-order valence-electron chi connectivity index (χ3n) is 4.30. The summed E-state index contributed by atoms with van der Waals surface area (Å²) in [5.74, 6) is 2.61. The summed E-state index contributed by atoms with van der Waals surface area (Å²) in [6.45, 7) is 5.11. The van der Waals surface area contributed by atoms with Crippen molar-refractivity contribution in [2.45, 2.75) is 25.9 Å². The van der Waals surface area contributed by atoms with Gasteiger partial charge in [-0.2, -0.15) is 5.10 Å². The molecule has 0 fully saturated rings. The predicted octanol–water partition coefficient (Wildman–Crippen LogP) is 2.67. The lowest BCUT2D eigenvalue weighted by Crippen LogP contribution is -2.36. The van der Waals surface area contributed by atoms with E-state index in [-0.39, 0.29) is 0 Å². The van der Waals surface area contributed by atoms with Crippen LogP contribution in [0, 0.1) is 5.92 Å². The van der Waals surface area contributed by atoms with Crippen LogP contribution >= 0.6 is 0 Å². The molecule has 0 saturated carbocycles. The van der Waals surface area contributed by atoms with Crippen molar-refractivity contribution in [3.63, 3.8) is 0 Å². The molecule has 2 atom stereocenters. The minimum atomic E-state index is 0.315. The van der Waals surface area contributed by atoms with E-state index in [1.54, 1.807) is 7.11 Å². The van der Waals surface area contributed by atoms with Gasteiger partial charge in [0, 0.05) is 43.2 Å². The lowest BCUT2D eigenvalue weighted by molar-refractivity contribution is 0.357. The summed E-state index contributed by atoms with van der Waals surface area (Å²) in [6, 6.07) is 10.6. The molecule has 22 heavy (non-hydrogen) atoms. The first-order valence-electron chi connectivity index (χ1n) is 7.93. The molecule has 0 unspecified atom stereocenters. The van der Waals surface area contributed by atoms with Crippen LogP contribution in [0.2, 0.25) is 0 Å². The van der Waals surface area contributed by atoms with E-state index in [0.717, 1.165) is 37.6 Å². The molecule has 118 valence electrons. The number of rotatable bonds is 6. The molecule has 1 aromatic heterocycles. The van der Waals surface area contributed by atoms with Crippen LogP contribution in [0.4, 0.5) is 5.82 Å². The predicted molar refractivity (Wildman–Crippen MR) is 88.2 cm³/mol. The van der Waals surface area contributed by atoms with Gasteiger partial charge in [-0.1, -0.05) is 25.1 Å². The Kier molecular flexibility index (Phi) is 4.63. The number of hydrogen-bond donors (Lipinski definition) is 2. The molecular formula is C17H24N4O. The highest BCUT2D eigenvalue weighted by Crippen LogP contribution is 2.27. The van der Waals surface area contributed by atoms with Gasteiger partial charge in [0.2, 0.25) is 0 Å². The molecule has 0 saturated heterocycles. The van der Waals surface area contributed by atoms with Gasteiger partial charge in [-0.3, -0.25) is 0 Å². The standard InChI is InChI=1S/C17H24N4O/c1-3-15(14-6-4-5-7-16(14)22-2)18-10-13-11-19-17-8-9-20-21(17)12-13/h4-9,13,15,18-19H,3,10-12H2,1-2H3/t13-,15-/m0/s1. The van der Waals surface area contributed by atoms with Crippen molar-refractivity contribution < 1.29 is 4.74 Å². The first kappa shape index (κ1) is 14.9. The van der Waals surface area contributed by atoms with E-state index in [9.17, 15) is 0 Å². The van der Waals surface area contributed by atoms with Crippen LogP contribution in [-0.2, 0) is 6.54 Å². The molecule has 0 amide bonds. The van der Waals surface area contributed by atoms with E-state index >= 15 is 0 Å². The molecular weight excluding hydrogens is 276 g/mol. The zero-order valence-corrected chi connectivity index (χ0v) is 13.2. The Bertz CT molecular complexity index is 610. The first-order valence-corrected chi connectivity index (χ1v) is 7.93. The number of ether oxygens (including phenoxy) is 1. The fourth-order valence-electron chi connectivity index (χ4n) is 3.06. The van der Waals surface area contributed by atoms with Gasteiger partial charge in [0.25, 0.3) is 0 Å². The maximum absolute atomic E-state index is 5.49. The smallest absolute Gasteiger partial charge is 0.124 e. The van der Waals surface area contributed by atoms with Gasteiger partial charge in [0.15, 0.2) is 0 Å². The van der Waals surface area contributed by atoms with Gasteiger partial charge >= 0.3 is 0 Å². The van der Waals surface area contributed by atoms with Gasteiger partial charge in [-0.05, 0) is 12.5 Å². The number of hydrogen-bond acceptors (Lipinski definition) is 4. The Hall–Kier alpha value is -2.01. The minimum Gasteiger partial charge on any atom is -0.496 e. The summed E-state index contributed by atoms with van der Waals surface area (Å²) in [6.07, 6.45) is 2.88. The summed E-state index contributed by atoms with van der Waals surface area (Å²) in [5.41, 5.74) is 1.23. The van der Waals surface area contributed by atoms with Crippen LogP contribution in [0.25, 0.3) is 0 Å². The zero-order valence-electron chi connectivity index (χ0n) is 13.2. The average Bonchev–Trinajstić information content (AvgIpc) is 3.03. The molecule has 0 bridgehead atoms. The lowest BCUT2D eigenvalue weighted by Gasteiger charge is -2.27. The van der Waals surface area contributed by atoms with Crippen LogP contribution in [0.15, 0.2) is 36.5 Å². The highest BCUT2D eigenvalue weighted by Gasteiger charge is 2.20. The van der Waals surface area contributed by atoms with E-state index < -0.39 is 0 Å². The fraction of sp³-hybridized carbons (Fsp3) is 0.471. The number of nitrogens with one attached hydrogen (secondary N) is 2. The Labute approximate surface area is 131 Å². The van der Waals surface area contributed by atoms with E-state index in [4.69, 9.17) is 4.74 Å². The van der Waals surface area contributed by atoms with Crippen molar-refractivity contribution in [1.82, 2.24) is 15.1 Å². The van der Waals surface area contributed by atoms with Gasteiger partial charge in [0.1, 0.15) is 11.6 Å². The molecule has 2 heterocycles. The molecule has 0 spiro atoms. The Morgan fingerprint density at radius 3 is 3.09 bits per heavy atom. The zero-order chi connectivity index (χ0) is 15.4. The summed E-state index contributed by atoms with van der Waals surface area (Å²) in [4.78, 5) is 0. The second kappa shape index (κ2) is 6.83. The number of fused-ring (bicyclic) bond motifs is 1. The van der Waals surface area contributed by atoms with Crippen molar-refractivity contribution in [3.05, 3.63) is 42.1 Å². The third-order valence-corrected chi connectivity index (χ3v) is 4.30. The fourth-order valence-corrected chi connectivity index (χ4v) is 3.06. The normalized spacial score (nSPS) is 18.4. The van der Waals surface area contributed by atoms with Crippen LogP contribution in [-0.4, -0.2) is 30.0 Å². The second-order valence-corrected chi connectivity index (χ2v) is 5.76. The number of anilines is 1. The molecule has 5 nitrogen and oxygen atoms in total. The summed E-state index contributed by atoms with van der Waals surface area (Å²) in [5, 5.41) is 11.5. The molecule has 1 aliphatic rings. The molecule has 1 aromatic carbocycles. The first-order chi connectivity index (χ1) is 10.8. The number of benzene rings is 1.